The molecule has 1 saturated heterocycles. The zero-order valence-electron chi connectivity index (χ0n) is 9.90. The average Bonchev–Trinajstić information content (AvgIpc) is 2.63. The van der Waals surface area contributed by atoms with Gasteiger partial charge in [0.1, 0.15) is 0 Å². The Bertz CT molecular complexity index is 332. The van der Waals surface area contributed by atoms with Crippen LogP contribution in [0.5, 0.6) is 0 Å². The van der Waals surface area contributed by atoms with Crippen molar-refractivity contribution in [3.63, 3.8) is 0 Å². The number of nitrogens with zero attached hydrogens (tertiary/aromatic N) is 1. The summed E-state index contributed by atoms with van der Waals surface area (Å²) in [5.74, 6) is -1.65. The Morgan fingerprint density at radius 1 is 1.65 bits per heavy atom. The fourth-order valence-electron chi connectivity index (χ4n) is 1.56. The zero-order valence-corrected chi connectivity index (χ0v) is 9.90. The van der Waals surface area contributed by atoms with E-state index >= 15 is 0 Å². The van der Waals surface area contributed by atoms with Crippen molar-refractivity contribution in [1.82, 2.24) is 15.5 Å². The van der Waals surface area contributed by atoms with Crippen LogP contribution in [-0.4, -0.2) is 54.1 Å². The highest BCUT2D eigenvalue weighted by atomic mass is 16.4. The lowest BCUT2D eigenvalue weighted by Gasteiger charge is -2.21. The van der Waals surface area contributed by atoms with Crippen LogP contribution in [0.4, 0.5) is 4.79 Å². The van der Waals surface area contributed by atoms with Gasteiger partial charge in [0, 0.05) is 26.6 Å². The molecule has 7 heteroatoms. The number of hydrogen-bond donors (Lipinski definition) is 3. The third-order valence-corrected chi connectivity index (χ3v) is 2.62. The summed E-state index contributed by atoms with van der Waals surface area (Å²) in [7, 11) is 1.53. The van der Waals surface area contributed by atoms with Gasteiger partial charge in [0.15, 0.2) is 0 Å². The molecule has 0 saturated carbocycles. The third kappa shape index (κ3) is 3.93. The lowest BCUT2D eigenvalue weighted by atomic mass is 10.2. The summed E-state index contributed by atoms with van der Waals surface area (Å²) in [5, 5.41) is 14.0. The Morgan fingerprint density at radius 2 is 2.29 bits per heavy atom. The van der Waals surface area contributed by atoms with E-state index in [0.29, 0.717) is 6.54 Å². The van der Waals surface area contributed by atoms with Gasteiger partial charge in [-0.25, -0.2) is 4.79 Å². The van der Waals surface area contributed by atoms with Gasteiger partial charge >= 0.3 is 12.0 Å². The molecule has 0 aromatic heterocycles. The van der Waals surface area contributed by atoms with Crippen LogP contribution in [0.25, 0.3) is 0 Å². The first-order chi connectivity index (χ1) is 7.90. The van der Waals surface area contributed by atoms with Crippen molar-refractivity contribution >= 4 is 17.9 Å². The molecular formula is C10H17N3O4. The third-order valence-electron chi connectivity index (χ3n) is 2.62. The van der Waals surface area contributed by atoms with Gasteiger partial charge in [-0.3, -0.25) is 9.59 Å². The number of aliphatic carboxylic acids is 1. The Kier molecular flexibility index (Phi) is 4.30. The van der Waals surface area contributed by atoms with Crippen LogP contribution >= 0.6 is 0 Å². The topological polar surface area (TPSA) is 98.7 Å². The predicted molar refractivity (Wildman–Crippen MR) is 59.4 cm³/mol. The van der Waals surface area contributed by atoms with E-state index in [2.05, 4.69) is 10.6 Å². The molecule has 1 heterocycles. The maximum Gasteiger partial charge on any atom is 0.317 e. The zero-order chi connectivity index (χ0) is 13.0. The van der Waals surface area contributed by atoms with Crippen LogP contribution in [0.2, 0.25) is 0 Å². The average molecular weight is 243 g/mol. The summed E-state index contributed by atoms with van der Waals surface area (Å²) in [5.41, 5.74) is 0. The summed E-state index contributed by atoms with van der Waals surface area (Å²) in [4.78, 5) is 34.5. The van der Waals surface area contributed by atoms with Crippen molar-refractivity contribution in [1.29, 1.82) is 0 Å². The first kappa shape index (κ1) is 13.3. The number of urea groups is 1. The van der Waals surface area contributed by atoms with Crippen LogP contribution in [0.15, 0.2) is 0 Å². The van der Waals surface area contributed by atoms with Crippen molar-refractivity contribution in [3.05, 3.63) is 0 Å². The number of amides is 3. The molecule has 1 aliphatic heterocycles. The highest BCUT2D eigenvalue weighted by Gasteiger charge is 2.25. The Hall–Kier alpha value is -1.79. The number of carbonyl (C=O) groups excluding carboxylic acids is 2. The summed E-state index contributed by atoms with van der Waals surface area (Å²) in [6.45, 7) is 2.09. The van der Waals surface area contributed by atoms with E-state index in [1.54, 1.807) is 0 Å². The normalized spacial score (nSPS) is 20.6. The molecule has 2 atom stereocenters. The van der Waals surface area contributed by atoms with Gasteiger partial charge in [-0.1, -0.05) is 6.92 Å². The molecule has 96 valence electrons. The van der Waals surface area contributed by atoms with E-state index in [4.69, 9.17) is 5.11 Å². The summed E-state index contributed by atoms with van der Waals surface area (Å²) >= 11 is 0. The van der Waals surface area contributed by atoms with Gasteiger partial charge in [0.2, 0.25) is 5.91 Å². The highest BCUT2D eigenvalue weighted by Crippen LogP contribution is 2.02. The molecule has 0 aromatic rings. The van der Waals surface area contributed by atoms with Crippen LogP contribution in [-0.2, 0) is 9.59 Å². The minimum absolute atomic E-state index is 0.0862. The molecule has 0 spiro atoms. The molecule has 3 amide bonds. The van der Waals surface area contributed by atoms with Crippen molar-refractivity contribution < 1.29 is 19.5 Å². The van der Waals surface area contributed by atoms with Crippen LogP contribution < -0.4 is 10.6 Å². The lowest BCUT2D eigenvalue weighted by molar-refractivity contribution is -0.141. The van der Waals surface area contributed by atoms with Crippen molar-refractivity contribution in [2.45, 2.75) is 19.4 Å². The second-order valence-electron chi connectivity index (χ2n) is 4.27. The van der Waals surface area contributed by atoms with Gasteiger partial charge in [0.25, 0.3) is 0 Å². The molecule has 17 heavy (non-hydrogen) atoms. The minimum atomic E-state index is -0.942. The Balaban J connectivity index is 2.36. The maximum absolute atomic E-state index is 11.6. The van der Waals surface area contributed by atoms with Crippen molar-refractivity contribution in [3.8, 4) is 0 Å². The fourth-order valence-corrected chi connectivity index (χ4v) is 1.56. The molecule has 1 rings (SSSR count). The molecule has 0 bridgehead atoms. The van der Waals surface area contributed by atoms with Crippen LogP contribution in [0.3, 0.4) is 0 Å². The molecular weight excluding hydrogens is 226 g/mol. The van der Waals surface area contributed by atoms with E-state index in [9.17, 15) is 14.4 Å². The molecule has 2 unspecified atom stereocenters. The molecule has 0 aromatic carbocycles. The predicted octanol–water partition coefficient (Wildman–Crippen LogP) is -0.763. The molecule has 0 aliphatic carbocycles. The number of rotatable bonds is 4. The van der Waals surface area contributed by atoms with E-state index < -0.39 is 11.9 Å². The highest BCUT2D eigenvalue weighted by molar-refractivity contribution is 5.81. The molecule has 1 fully saturated rings. The lowest BCUT2D eigenvalue weighted by Crippen LogP contribution is -2.45. The number of carbonyl (C=O) groups is 3. The van der Waals surface area contributed by atoms with E-state index in [1.807, 2.05) is 0 Å². The SMILES string of the molecule is CC(CN(C)C(=O)NC1CNC(=O)C1)C(=O)O. The van der Waals surface area contributed by atoms with Gasteiger partial charge in [-0.05, 0) is 0 Å². The largest absolute Gasteiger partial charge is 0.481 e. The molecule has 7 nitrogen and oxygen atoms in total. The van der Waals surface area contributed by atoms with Crippen LogP contribution in [0.1, 0.15) is 13.3 Å². The van der Waals surface area contributed by atoms with Gasteiger partial charge in [-0.2, -0.15) is 0 Å². The second-order valence-corrected chi connectivity index (χ2v) is 4.27. The summed E-state index contributed by atoms with van der Waals surface area (Å²) in [6.07, 6.45) is 0.272. The van der Waals surface area contributed by atoms with Gasteiger partial charge < -0.3 is 20.6 Å². The quantitative estimate of drug-likeness (QED) is 0.604. The maximum atomic E-state index is 11.6. The number of hydrogen-bond acceptors (Lipinski definition) is 3. The van der Waals surface area contributed by atoms with E-state index in [-0.39, 0.29) is 30.9 Å². The number of carboxylic acids is 1. The summed E-state index contributed by atoms with van der Waals surface area (Å²) < 4.78 is 0. The smallest absolute Gasteiger partial charge is 0.317 e. The summed E-state index contributed by atoms with van der Waals surface area (Å²) in [6, 6.07) is -0.572. The number of nitrogens with one attached hydrogen (secondary N) is 2. The Labute approximate surface area is 99.2 Å². The molecule has 1 aliphatic rings. The first-order valence-electron chi connectivity index (χ1n) is 5.41. The van der Waals surface area contributed by atoms with E-state index in [1.165, 1.54) is 18.9 Å². The standard InChI is InChI=1S/C10H17N3O4/c1-6(9(15)16)5-13(2)10(17)12-7-3-8(14)11-4-7/h6-7H,3-5H2,1-2H3,(H,11,14)(H,12,17)(H,15,16). The van der Waals surface area contributed by atoms with Crippen LogP contribution in [0, 0.1) is 5.92 Å². The minimum Gasteiger partial charge on any atom is -0.481 e. The fraction of sp³-hybridized carbons (Fsp3) is 0.700. The monoisotopic (exact) mass is 243 g/mol. The van der Waals surface area contributed by atoms with Crippen molar-refractivity contribution in [2.75, 3.05) is 20.1 Å². The van der Waals surface area contributed by atoms with Gasteiger partial charge in [0.05, 0.1) is 12.0 Å². The Morgan fingerprint density at radius 3 is 2.76 bits per heavy atom. The van der Waals surface area contributed by atoms with E-state index in [0.717, 1.165) is 0 Å². The second kappa shape index (κ2) is 5.51. The molecule has 0 radical (unpaired) electrons. The molecule has 3 N–H and O–H groups in total. The van der Waals surface area contributed by atoms with Gasteiger partial charge in [-0.15, -0.1) is 0 Å². The first-order valence-corrected chi connectivity index (χ1v) is 5.41. The number of carboxylic acid groups (broad SMARTS) is 1. The van der Waals surface area contributed by atoms with Crippen molar-refractivity contribution in [2.24, 2.45) is 5.92 Å².